The van der Waals surface area contributed by atoms with Crippen molar-refractivity contribution in [1.82, 2.24) is 4.98 Å². The second-order valence-corrected chi connectivity index (χ2v) is 10.1. The summed E-state index contributed by atoms with van der Waals surface area (Å²) in [5.74, 6) is -0.101. The van der Waals surface area contributed by atoms with Crippen molar-refractivity contribution in [2.45, 2.75) is 31.1 Å². The molecule has 5 nitrogen and oxygen atoms in total. The van der Waals surface area contributed by atoms with Crippen molar-refractivity contribution in [1.29, 1.82) is 0 Å². The Balaban J connectivity index is 1.46. The molecule has 3 aromatic rings. The molecule has 0 atom stereocenters. The molecule has 0 spiro atoms. The minimum absolute atomic E-state index is 0.0602. The Labute approximate surface area is 168 Å². The Morgan fingerprint density at radius 3 is 2.61 bits per heavy atom. The lowest BCUT2D eigenvalue weighted by atomic mass is 9.94. The van der Waals surface area contributed by atoms with E-state index in [1.165, 1.54) is 21.8 Å². The van der Waals surface area contributed by atoms with Crippen LogP contribution in [-0.4, -0.2) is 25.1 Å². The van der Waals surface area contributed by atoms with Gasteiger partial charge in [0.2, 0.25) is 5.91 Å². The van der Waals surface area contributed by atoms with Gasteiger partial charge >= 0.3 is 0 Å². The molecular formula is C21H20N2O3S2. The number of rotatable bonds is 5. The molecule has 1 aliphatic carbocycles. The lowest BCUT2D eigenvalue weighted by Gasteiger charge is -2.13. The summed E-state index contributed by atoms with van der Waals surface area (Å²) in [7, 11) is -3.23. The molecule has 0 fully saturated rings. The number of aromatic nitrogens is 1. The maximum Gasteiger partial charge on any atom is 0.230 e. The highest BCUT2D eigenvalue weighted by molar-refractivity contribution is 7.91. The van der Waals surface area contributed by atoms with Crippen LogP contribution in [0.3, 0.4) is 0 Å². The maximum atomic E-state index is 12.4. The van der Waals surface area contributed by atoms with E-state index in [1.54, 1.807) is 31.2 Å². The van der Waals surface area contributed by atoms with Gasteiger partial charge in [-0.25, -0.2) is 13.4 Å². The minimum atomic E-state index is -3.23. The van der Waals surface area contributed by atoms with Crippen LogP contribution >= 0.6 is 11.3 Å². The lowest BCUT2D eigenvalue weighted by Crippen LogP contribution is -2.14. The van der Waals surface area contributed by atoms with Gasteiger partial charge in [-0.2, -0.15) is 0 Å². The SMILES string of the molecule is CCS(=O)(=O)c1ccc(CC(=O)Nc2nc3c(s2)CCc2ccccc2-3)cc1. The quantitative estimate of drug-likeness (QED) is 0.690. The van der Waals surface area contributed by atoms with Crippen molar-refractivity contribution >= 4 is 32.2 Å². The number of hydrogen-bond acceptors (Lipinski definition) is 5. The van der Waals surface area contributed by atoms with Crippen molar-refractivity contribution in [2.24, 2.45) is 0 Å². The number of amides is 1. The Hall–Kier alpha value is -2.51. The van der Waals surface area contributed by atoms with Crippen LogP contribution in [0.1, 0.15) is 22.9 Å². The summed E-state index contributed by atoms with van der Waals surface area (Å²) in [4.78, 5) is 18.5. The fourth-order valence-corrected chi connectivity index (χ4v) is 5.21. The van der Waals surface area contributed by atoms with Gasteiger partial charge in [0.15, 0.2) is 15.0 Å². The molecule has 0 aliphatic heterocycles. The van der Waals surface area contributed by atoms with E-state index < -0.39 is 9.84 Å². The first-order valence-corrected chi connectivity index (χ1v) is 11.6. The van der Waals surface area contributed by atoms with Gasteiger partial charge < -0.3 is 5.32 Å². The summed E-state index contributed by atoms with van der Waals surface area (Å²) in [5, 5.41) is 3.49. The van der Waals surface area contributed by atoms with Gasteiger partial charge in [0, 0.05) is 10.4 Å². The number of anilines is 1. The Bertz CT molecular complexity index is 1130. The number of hydrogen-bond donors (Lipinski definition) is 1. The Morgan fingerprint density at radius 1 is 1.11 bits per heavy atom. The smallest absolute Gasteiger partial charge is 0.230 e. The molecule has 0 saturated carbocycles. The zero-order valence-corrected chi connectivity index (χ0v) is 17.1. The fraction of sp³-hybridized carbons (Fsp3) is 0.238. The molecule has 1 amide bonds. The zero-order valence-electron chi connectivity index (χ0n) is 15.4. The van der Waals surface area contributed by atoms with E-state index in [2.05, 4.69) is 22.4 Å². The third kappa shape index (κ3) is 3.72. The number of sulfone groups is 1. The minimum Gasteiger partial charge on any atom is -0.302 e. The fourth-order valence-electron chi connectivity index (χ4n) is 3.33. The molecule has 1 aliphatic rings. The third-order valence-electron chi connectivity index (χ3n) is 4.86. The molecule has 4 rings (SSSR count). The summed E-state index contributed by atoms with van der Waals surface area (Å²) in [6.45, 7) is 1.61. The highest BCUT2D eigenvalue weighted by Gasteiger charge is 2.21. The van der Waals surface area contributed by atoms with Gasteiger partial charge in [-0.1, -0.05) is 43.3 Å². The predicted octanol–water partition coefficient (Wildman–Crippen LogP) is 3.88. The van der Waals surface area contributed by atoms with Gasteiger partial charge in [0.25, 0.3) is 0 Å². The highest BCUT2D eigenvalue weighted by atomic mass is 32.2. The van der Waals surface area contributed by atoms with Gasteiger partial charge in [0.05, 0.1) is 22.8 Å². The molecule has 1 heterocycles. The van der Waals surface area contributed by atoms with Gasteiger partial charge in [-0.15, -0.1) is 11.3 Å². The van der Waals surface area contributed by atoms with Crippen LogP contribution in [0.2, 0.25) is 0 Å². The van der Waals surface area contributed by atoms with E-state index in [0.29, 0.717) is 5.13 Å². The van der Waals surface area contributed by atoms with Crippen LogP contribution in [0.4, 0.5) is 5.13 Å². The maximum absolute atomic E-state index is 12.4. The number of nitrogens with one attached hydrogen (secondary N) is 1. The number of thiazole rings is 1. The Morgan fingerprint density at radius 2 is 1.86 bits per heavy atom. The number of carbonyl (C=O) groups is 1. The molecule has 0 unspecified atom stereocenters. The molecule has 144 valence electrons. The van der Waals surface area contributed by atoms with Crippen molar-refractivity contribution in [3.8, 4) is 11.3 Å². The summed E-state index contributed by atoms with van der Waals surface area (Å²) in [6.07, 6.45) is 2.10. The highest BCUT2D eigenvalue weighted by Crippen LogP contribution is 2.37. The largest absolute Gasteiger partial charge is 0.302 e. The summed E-state index contributed by atoms with van der Waals surface area (Å²) in [5.41, 5.74) is 4.17. The summed E-state index contributed by atoms with van der Waals surface area (Å²) < 4.78 is 23.7. The monoisotopic (exact) mass is 412 g/mol. The van der Waals surface area contributed by atoms with E-state index in [4.69, 9.17) is 0 Å². The first-order valence-electron chi connectivity index (χ1n) is 9.16. The van der Waals surface area contributed by atoms with Gasteiger partial charge in [-0.3, -0.25) is 4.79 Å². The molecule has 1 aromatic heterocycles. The van der Waals surface area contributed by atoms with Crippen molar-refractivity contribution in [3.63, 3.8) is 0 Å². The zero-order chi connectivity index (χ0) is 19.7. The van der Waals surface area contributed by atoms with E-state index in [-0.39, 0.29) is 23.0 Å². The topological polar surface area (TPSA) is 76.1 Å². The summed E-state index contributed by atoms with van der Waals surface area (Å²) in [6, 6.07) is 14.7. The first-order chi connectivity index (χ1) is 13.5. The van der Waals surface area contributed by atoms with E-state index in [9.17, 15) is 13.2 Å². The van der Waals surface area contributed by atoms with Crippen LogP contribution in [0.15, 0.2) is 53.4 Å². The molecule has 2 aromatic carbocycles. The molecule has 0 bridgehead atoms. The molecule has 0 radical (unpaired) electrons. The van der Waals surface area contributed by atoms with Crippen LogP contribution in [0.5, 0.6) is 0 Å². The van der Waals surface area contributed by atoms with E-state index in [1.807, 2.05) is 12.1 Å². The normalized spacial score (nSPS) is 12.9. The standard InChI is InChI=1S/C21H20N2O3S2/c1-2-28(25,26)16-10-7-14(8-11-16)13-19(24)22-21-23-20-17-6-4-3-5-15(17)9-12-18(20)27-21/h3-8,10-11H,2,9,12-13H2,1H3,(H,22,23,24). The lowest BCUT2D eigenvalue weighted by molar-refractivity contribution is -0.115. The van der Waals surface area contributed by atoms with Crippen molar-refractivity contribution in [3.05, 3.63) is 64.5 Å². The number of fused-ring (bicyclic) bond motifs is 3. The second kappa shape index (κ2) is 7.48. The average Bonchev–Trinajstić information content (AvgIpc) is 3.11. The van der Waals surface area contributed by atoms with E-state index in [0.717, 1.165) is 29.7 Å². The molecular weight excluding hydrogens is 392 g/mol. The second-order valence-electron chi connectivity index (χ2n) is 6.72. The molecule has 0 saturated heterocycles. The number of carbonyl (C=O) groups excluding carboxylic acids is 1. The number of nitrogens with zero attached hydrogens (tertiary/aromatic N) is 1. The van der Waals surface area contributed by atoms with Gasteiger partial charge in [0.1, 0.15) is 0 Å². The Kier molecular flexibility index (Phi) is 5.03. The number of aryl methyl sites for hydroxylation is 2. The van der Waals surface area contributed by atoms with Crippen molar-refractivity contribution in [2.75, 3.05) is 11.1 Å². The molecule has 7 heteroatoms. The van der Waals surface area contributed by atoms with E-state index >= 15 is 0 Å². The molecule has 1 N–H and O–H groups in total. The number of benzene rings is 2. The van der Waals surface area contributed by atoms with Crippen LogP contribution in [0, 0.1) is 0 Å². The molecule has 28 heavy (non-hydrogen) atoms. The first kappa shape index (κ1) is 18.8. The predicted molar refractivity (Wildman–Crippen MR) is 111 cm³/mol. The summed E-state index contributed by atoms with van der Waals surface area (Å²) >= 11 is 1.52. The van der Waals surface area contributed by atoms with Crippen LogP contribution in [0.25, 0.3) is 11.3 Å². The van der Waals surface area contributed by atoms with Crippen LogP contribution < -0.4 is 5.32 Å². The van der Waals surface area contributed by atoms with Gasteiger partial charge in [-0.05, 0) is 36.1 Å². The van der Waals surface area contributed by atoms with Crippen LogP contribution in [-0.2, 0) is 33.9 Å². The average molecular weight is 413 g/mol. The van der Waals surface area contributed by atoms with Crippen molar-refractivity contribution < 1.29 is 13.2 Å². The third-order valence-corrected chi connectivity index (χ3v) is 7.65.